The number of hydrogen-bond acceptors (Lipinski definition) is 1. The van der Waals surface area contributed by atoms with Gasteiger partial charge in [-0.2, -0.15) is 0 Å². The van der Waals surface area contributed by atoms with Gasteiger partial charge >= 0.3 is 0 Å². The molecule has 0 aliphatic carbocycles. The zero-order valence-electron chi connectivity index (χ0n) is 4.00. The topological polar surface area (TPSA) is 20.2 Å². The maximum Gasteiger partial charge on any atom is 0.121 e. The molecule has 0 fully saturated rings. The first-order valence-electron chi connectivity index (χ1n) is 1.99. The number of aliphatic hydroxyl groups is 1. The van der Waals surface area contributed by atoms with Crippen LogP contribution in [0.1, 0.15) is 6.42 Å². The van der Waals surface area contributed by atoms with Gasteiger partial charge in [-0.3, -0.25) is 0 Å². The van der Waals surface area contributed by atoms with Crippen LogP contribution in [0.5, 0.6) is 0 Å². The van der Waals surface area contributed by atoms with Crippen molar-refractivity contribution in [3.8, 4) is 0 Å². The monoisotopic (exact) mass is 174 g/mol. The largest absolute Gasteiger partial charge is 0.396 e. The van der Waals surface area contributed by atoms with E-state index in [1.165, 1.54) is 0 Å². The van der Waals surface area contributed by atoms with E-state index in [1.807, 2.05) is 0 Å². The standard InChI is InChI=1S/C4H5Cl3O/c5-3(1-2-8)4(6)7/h8H,1-2H2. The number of rotatable bonds is 2. The van der Waals surface area contributed by atoms with E-state index in [0.717, 1.165) is 0 Å². The van der Waals surface area contributed by atoms with Gasteiger partial charge in [0.1, 0.15) is 4.49 Å². The molecular formula is C4H5Cl3O. The highest BCUT2D eigenvalue weighted by molar-refractivity contribution is 6.59. The Kier molecular flexibility index (Phi) is 4.77. The average molecular weight is 175 g/mol. The van der Waals surface area contributed by atoms with Crippen molar-refractivity contribution in [2.75, 3.05) is 6.61 Å². The molecule has 1 nitrogen and oxygen atoms in total. The molecule has 0 heterocycles. The third-order valence-corrected chi connectivity index (χ3v) is 1.56. The maximum atomic E-state index is 8.25. The van der Waals surface area contributed by atoms with Gasteiger partial charge < -0.3 is 5.11 Å². The Labute approximate surface area is 62.8 Å². The smallest absolute Gasteiger partial charge is 0.121 e. The van der Waals surface area contributed by atoms with Crippen LogP contribution in [0.15, 0.2) is 9.52 Å². The molecule has 0 spiro atoms. The van der Waals surface area contributed by atoms with Crippen LogP contribution in [0.2, 0.25) is 0 Å². The Balaban J connectivity index is 3.62. The summed E-state index contributed by atoms with van der Waals surface area (Å²) in [6.45, 7) is -0.0260. The summed E-state index contributed by atoms with van der Waals surface area (Å²) in [5.74, 6) is 0. The lowest BCUT2D eigenvalue weighted by Crippen LogP contribution is -1.80. The van der Waals surface area contributed by atoms with Crippen LogP contribution >= 0.6 is 34.8 Å². The van der Waals surface area contributed by atoms with Crippen LogP contribution in [0.3, 0.4) is 0 Å². The van der Waals surface area contributed by atoms with Gasteiger partial charge in [0, 0.05) is 13.0 Å². The molecule has 0 atom stereocenters. The molecule has 0 saturated carbocycles. The van der Waals surface area contributed by atoms with Gasteiger partial charge in [-0.05, 0) is 0 Å². The van der Waals surface area contributed by atoms with E-state index in [-0.39, 0.29) is 11.1 Å². The first kappa shape index (κ1) is 8.57. The Hall–Kier alpha value is 0.570. The van der Waals surface area contributed by atoms with Gasteiger partial charge in [0.15, 0.2) is 0 Å². The fourth-order valence-corrected chi connectivity index (χ4v) is 0.466. The molecule has 0 aromatic rings. The lowest BCUT2D eigenvalue weighted by molar-refractivity contribution is 0.301. The number of aliphatic hydroxyl groups excluding tert-OH is 1. The van der Waals surface area contributed by atoms with Crippen LogP contribution in [0.4, 0.5) is 0 Å². The summed E-state index contributed by atoms with van der Waals surface area (Å²) in [6, 6.07) is 0. The van der Waals surface area contributed by atoms with Gasteiger partial charge in [-0.15, -0.1) is 0 Å². The highest BCUT2D eigenvalue weighted by atomic mass is 35.5. The first-order valence-corrected chi connectivity index (χ1v) is 3.12. The molecule has 0 aromatic heterocycles. The first-order chi connectivity index (χ1) is 3.68. The van der Waals surface area contributed by atoms with E-state index >= 15 is 0 Å². The quantitative estimate of drug-likeness (QED) is 0.682. The molecule has 0 bridgehead atoms. The van der Waals surface area contributed by atoms with Gasteiger partial charge in [0.25, 0.3) is 0 Å². The highest BCUT2D eigenvalue weighted by Gasteiger charge is 1.95. The van der Waals surface area contributed by atoms with E-state index in [4.69, 9.17) is 39.9 Å². The fourth-order valence-electron chi connectivity index (χ4n) is 0.193. The Morgan fingerprint density at radius 2 is 1.75 bits per heavy atom. The zero-order valence-corrected chi connectivity index (χ0v) is 6.26. The van der Waals surface area contributed by atoms with E-state index in [1.54, 1.807) is 0 Å². The molecule has 48 valence electrons. The summed E-state index contributed by atoms with van der Waals surface area (Å²) in [5.41, 5.74) is 0. The molecule has 0 radical (unpaired) electrons. The lowest BCUT2D eigenvalue weighted by atomic mass is 10.4. The van der Waals surface area contributed by atoms with Crippen LogP contribution < -0.4 is 0 Å². The summed E-state index contributed by atoms with van der Waals surface area (Å²) < 4.78 is 0.0284. The molecular weight excluding hydrogens is 170 g/mol. The third kappa shape index (κ3) is 3.56. The molecule has 0 aromatic carbocycles. The predicted molar refractivity (Wildman–Crippen MR) is 36.3 cm³/mol. The minimum Gasteiger partial charge on any atom is -0.396 e. The molecule has 8 heavy (non-hydrogen) atoms. The van der Waals surface area contributed by atoms with Gasteiger partial charge in [-0.25, -0.2) is 0 Å². The van der Waals surface area contributed by atoms with Crippen molar-refractivity contribution in [1.29, 1.82) is 0 Å². The lowest BCUT2D eigenvalue weighted by Gasteiger charge is -1.91. The second-order valence-corrected chi connectivity index (χ2v) is 2.54. The Morgan fingerprint density at radius 3 is 1.88 bits per heavy atom. The van der Waals surface area contributed by atoms with Crippen molar-refractivity contribution in [3.05, 3.63) is 9.52 Å². The molecule has 0 aliphatic heterocycles. The van der Waals surface area contributed by atoms with E-state index in [2.05, 4.69) is 0 Å². The molecule has 0 aliphatic rings. The minimum atomic E-state index is -0.0260. The van der Waals surface area contributed by atoms with Crippen molar-refractivity contribution >= 4 is 34.8 Å². The van der Waals surface area contributed by atoms with Gasteiger partial charge in [0.05, 0.1) is 5.03 Å². The zero-order chi connectivity index (χ0) is 6.57. The van der Waals surface area contributed by atoms with E-state index in [9.17, 15) is 0 Å². The Morgan fingerprint density at radius 1 is 1.25 bits per heavy atom. The summed E-state index contributed by atoms with van der Waals surface area (Å²) >= 11 is 15.8. The fraction of sp³-hybridized carbons (Fsp3) is 0.500. The molecule has 0 saturated heterocycles. The van der Waals surface area contributed by atoms with Gasteiger partial charge in [-0.1, -0.05) is 34.8 Å². The van der Waals surface area contributed by atoms with Crippen molar-refractivity contribution in [2.45, 2.75) is 6.42 Å². The Bertz CT molecular complexity index is 95.5. The molecule has 4 heteroatoms. The summed E-state index contributed by atoms with van der Waals surface area (Å²) in [5, 5.41) is 8.55. The average Bonchev–Trinajstić information content (AvgIpc) is 1.67. The normalized spacial score (nSPS) is 9.00. The van der Waals surface area contributed by atoms with Crippen LogP contribution in [0, 0.1) is 0 Å². The van der Waals surface area contributed by atoms with Crippen molar-refractivity contribution in [1.82, 2.24) is 0 Å². The predicted octanol–water partition coefficient (Wildman–Crippen LogP) is 2.25. The SMILES string of the molecule is OCCC(Cl)=C(Cl)Cl. The summed E-state index contributed by atoms with van der Waals surface area (Å²) in [6.07, 6.45) is 0.323. The van der Waals surface area contributed by atoms with Crippen LogP contribution in [-0.4, -0.2) is 11.7 Å². The maximum absolute atomic E-state index is 8.25. The molecule has 0 unspecified atom stereocenters. The third-order valence-electron chi connectivity index (χ3n) is 0.536. The van der Waals surface area contributed by atoms with Crippen LogP contribution in [-0.2, 0) is 0 Å². The van der Waals surface area contributed by atoms with Crippen LogP contribution in [0.25, 0.3) is 0 Å². The highest BCUT2D eigenvalue weighted by Crippen LogP contribution is 2.19. The second-order valence-electron chi connectivity index (χ2n) is 1.14. The summed E-state index contributed by atoms with van der Waals surface area (Å²) in [7, 11) is 0. The molecule has 0 rings (SSSR count). The van der Waals surface area contributed by atoms with Crippen molar-refractivity contribution < 1.29 is 5.11 Å². The van der Waals surface area contributed by atoms with Crippen molar-refractivity contribution in [3.63, 3.8) is 0 Å². The van der Waals surface area contributed by atoms with E-state index in [0.29, 0.717) is 11.5 Å². The molecule has 1 N–H and O–H groups in total. The number of halogens is 3. The minimum absolute atomic E-state index is 0.0260. The van der Waals surface area contributed by atoms with Gasteiger partial charge in [0.2, 0.25) is 0 Å². The number of hydrogen-bond donors (Lipinski definition) is 1. The molecule has 0 amide bonds. The van der Waals surface area contributed by atoms with Crippen molar-refractivity contribution in [2.24, 2.45) is 0 Å². The summed E-state index contributed by atoms with van der Waals surface area (Å²) in [4.78, 5) is 0. The second kappa shape index (κ2) is 4.45. The van der Waals surface area contributed by atoms with E-state index < -0.39 is 0 Å².